The van der Waals surface area contributed by atoms with Crippen LogP contribution in [0.15, 0.2) is 91.4 Å². The molecule has 1 aliphatic heterocycles. The van der Waals surface area contributed by atoms with E-state index in [1.165, 1.54) is 32.1 Å². The first-order chi connectivity index (χ1) is 25.4. The molecule has 0 spiro atoms. The molecule has 1 saturated carbocycles. The van der Waals surface area contributed by atoms with Crippen molar-refractivity contribution in [3.05, 3.63) is 118 Å². The predicted molar refractivity (Wildman–Crippen MR) is 213 cm³/mol. The van der Waals surface area contributed by atoms with Crippen molar-refractivity contribution >= 4 is 51.5 Å². The first-order valence-corrected chi connectivity index (χ1v) is 19.1. The third-order valence-corrected chi connectivity index (χ3v) is 11.4. The Morgan fingerprint density at radius 2 is 1.62 bits per heavy atom. The Morgan fingerprint density at radius 1 is 0.885 bits per heavy atom. The van der Waals surface area contributed by atoms with Gasteiger partial charge < -0.3 is 19.8 Å². The molecule has 2 N–H and O–H groups in total. The van der Waals surface area contributed by atoms with Gasteiger partial charge in [-0.3, -0.25) is 9.69 Å². The van der Waals surface area contributed by atoms with Crippen molar-refractivity contribution in [2.45, 2.75) is 58.0 Å². The summed E-state index contributed by atoms with van der Waals surface area (Å²) >= 11 is 12.8. The van der Waals surface area contributed by atoms with Gasteiger partial charge in [0.25, 0.3) is 5.91 Å². The maximum absolute atomic E-state index is 14.8. The molecule has 4 heterocycles. The molecule has 8 nitrogen and oxygen atoms in total. The van der Waals surface area contributed by atoms with Gasteiger partial charge in [-0.25, -0.2) is 9.97 Å². The average Bonchev–Trinajstić information content (AvgIpc) is 3.78. The molecule has 10 heteroatoms. The van der Waals surface area contributed by atoms with Gasteiger partial charge in [0, 0.05) is 70.5 Å². The summed E-state index contributed by atoms with van der Waals surface area (Å²) in [5, 5.41) is 5.46. The maximum atomic E-state index is 14.8. The number of aromatic amines is 1. The van der Waals surface area contributed by atoms with Crippen LogP contribution in [0.25, 0.3) is 33.4 Å². The zero-order valence-electron chi connectivity index (χ0n) is 29.6. The number of H-pyrrole nitrogens is 1. The summed E-state index contributed by atoms with van der Waals surface area (Å²) in [7, 11) is 0. The minimum absolute atomic E-state index is 0.121. The molecule has 1 atom stereocenters. The van der Waals surface area contributed by atoms with Crippen molar-refractivity contribution in [3.63, 3.8) is 0 Å². The Morgan fingerprint density at radius 3 is 2.37 bits per heavy atom. The van der Waals surface area contributed by atoms with Crippen LogP contribution in [0.2, 0.25) is 10.0 Å². The number of aromatic nitrogens is 4. The number of pyridine rings is 1. The zero-order chi connectivity index (χ0) is 35.8. The van der Waals surface area contributed by atoms with Crippen LogP contribution < -0.4 is 10.2 Å². The standard InChI is InChI=1S/C42H43Cl2N7O/c1-27-19-20-45-41(50-23-21-49(22-24-50)33-11-7-4-8-12-33)37(27)48-42(52)39-36(34-18-17-32(44)25-35(34)47-39)40-38(30-9-5-3-6-10-30)46-26-51(40)28(2)29-13-15-31(43)16-14-29/h3,5-6,9-10,13-20,25-26,28,33,47H,4,7-8,11-12,21-24H2,1-2H3,(H,48,52)/t28-/m0/s1. The second-order valence-corrected chi connectivity index (χ2v) is 15.0. The minimum Gasteiger partial charge on any atom is -0.352 e. The van der Waals surface area contributed by atoms with Gasteiger partial charge in [0.15, 0.2) is 5.82 Å². The van der Waals surface area contributed by atoms with Crippen LogP contribution in [0, 0.1) is 6.92 Å². The molecule has 266 valence electrons. The van der Waals surface area contributed by atoms with Gasteiger partial charge >= 0.3 is 0 Å². The van der Waals surface area contributed by atoms with Crippen molar-refractivity contribution in [2.24, 2.45) is 0 Å². The number of amides is 1. The van der Waals surface area contributed by atoms with Gasteiger partial charge in [-0.05, 0) is 68.1 Å². The van der Waals surface area contributed by atoms with E-state index in [-0.39, 0.29) is 11.9 Å². The van der Waals surface area contributed by atoms with Crippen molar-refractivity contribution in [3.8, 4) is 22.5 Å². The van der Waals surface area contributed by atoms with Crippen LogP contribution in [-0.2, 0) is 0 Å². The van der Waals surface area contributed by atoms with Crippen molar-refractivity contribution in [1.29, 1.82) is 0 Å². The smallest absolute Gasteiger partial charge is 0.272 e. The molecule has 6 aromatic rings. The molecular weight excluding hydrogens is 689 g/mol. The van der Waals surface area contributed by atoms with Crippen LogP contribution in [0.5, 0.6) is 0 Å². The highest BCUT2D eigenvalue weighted by Crippen LogP contribution is 2.42. The summed E-state index contributed by atoms with van der Waals surface area (Å²) in [6.45, 7) is 7.90. The van der Waals surface area contributed by atoms with E-state index in [9.17, 15) is 4.79 Å². The summed E-state index contributed by atoms with van der Waals surface area (Å²) in [5.41, 5.74) is 7.26. The van der Waals surface area contributed by atoms with E-state index in [1.54, 1.807) is 0 Å². The predicted octanol–water partition coefficient (Wildman–Crippen LogP) is 10.0. The average molecular weight is 733 g/mol. The molecule has 2 aliphatic rings. The highest BCUT2D eigenvalue weighted by Gasteiger charge is 2.30. The van der Waals surface area contributed by atoms with E-state index < -0.39 is 0 Å². The lowest BCUT2D eigenvalue weighted by molar-refractivity contribution is 0.102. The number of aryl methyl sites for hydroxylation is 1. The number of nitrogens with zero attached hydrogens (tertiary/aromatic N) is 5. The Bertz CT molecular complexity index is 2200. The molecule has 0 radical (unpaired) electrons. The van der Waals surface area contributed by atoms with E-state index in [0.717, 1.165) is 82.2 Å². The summed E-state index contributed by atoms with van der Waals surface area (Å²) in [6, 6.07) is 26.2. The lowest BCUT2D eigenvalue weighted by atomic mass is 9.94. The van der Waals surface area contributed by atoms with E-state index in [1.807, 2.05) is 98.3 Å². The highest BCUT2D eigenvalue weighted by molar-refractivity contribution is 6.31. The van der Waals surface area contributed by atoms with E-state index in [2.05, 4.69) is 31.6 Å². The van der Waals surface area contributed by atoms with Gasteiger partial charge in [-0.2, -0.15) is 0 Å². The Hall–Kier alpha value is -4.63. The Labute approximate surface area is 314 Å². The molecule has 8 rings (SSSR count). The number of carbonyl (C=O) groups is 1. The molecule has 3 aromatic heterocycles. The Balaban J connectivity index is 1.20. The number of fused-ring (bicyclic) bond motifs is 1. The minimum atomic E-state index is -0.258. The second kappa shape index (κ2) is 14.8. The fraction of sp³-hybridized carbons (Fsp3) is 0.310. The van der Waals surface area contributed by atoms with Gasteiger partial charge in [0.05, 0.1) is 29.4 Å². The summed E-state index contributed by atoms with van der Waals surface area (Å²) in [5.74, 6) is 0.551. The van der Waals surface area contributed by atoms with Crippen LogP contribution >= 0.6 is 23.2 Å². The topological polar surface area (TPSA) is 82.1 Å². The molecule has 1 amide bonds. The van der Waals surface area contributed by atoms with Crippen LogP contribution in [0.4, 0.5) is 11.5 Å². The molecule has 1 saturated heterocycles. The number of hydrogen-bond donors (Lipinski definition) is 2. The van der Waals surface area contributed by atoms with Crippen LogP contribution in [0.3, 0.4) is 0 Å². The summed E-state index contributed by atoms with van der Waals surface area (Å²) in [4.78, 5) is 33.1. The van der Waals surface area contributed by atoms with Gasteiger partial charge in [0.1, 0.15) is 5.69 Å². The third-order valence-electron chi connectivity index (χ3n) is 10.9. The first kappa shape index (κ1) is 34.5. The molecule has 1 aliphatic carbocycles. The summed E-state index contributed by atoms with van der Waals surface area (Å²) < 4.78 is 2.14. The fourth-order valence-electron chi connectivity index (χ4n) is 8.06. The number of nitrogens with one attached hydrogen (secondary N) is 2. The number of rotatable bonds is 8. The monoisotopic (exact) mass is 731 g/mol. The summed E-state index contributed by atoms with van der Waals surface area (Å²) in [6.07, 6.45) is 10.3. The van der Waals surface area contributed by atoms with E-state index in [0.29, 0.717) is 21.8 Å². The van der Waals surface area contributed by atoms with Gasteiger partial charge in [0.2, 0.25) is 0 Å². The zero-order valence-corrected chi connectivity index (χ0v) is 31.1. The highest BCUT2D eigenvalue weighted by atomic mass is 35.5. The fourth-order valence-corrected chi connectivity index (χ4v) is 8.35. The molecule has 52 heavy (non-hydrogen) atoms. The number of imidazole rings is 1. The molecule has 2 fully saturated rings. The van der Waals surface area contributed by atoms with E-state index in [4.69, 9.17) is 33.2 Å². The van der Waals surface area contributed by atoms with Crippen molar-refractivity contribution < 1.29 is 4.79 Å². The van der Waals surface area contributed by atoms with Crippen LogP contribution in [0.1, 0.15) is 66.7 Å². The third kappa shape index (κ3) is 6.71. The molecule has 0 unspecified atom stereocenters. The van der Waals surface area contributed by atoms with Crippen LogP contribution in [-0.4, -0.2) is 62.5 Å². The number of hydrogen-bond acceptors (Lipinski definition) is 5. The van der Waals surface area contributed by atoms with Crippen molar-refractivity contribution in [1.82, 2.24) is 24.4 Å². The largest absolute Gasteiger partial charge is 0.352 e. The molecular formula is C42H43Cl2N7O. The maximum Gasteiger partial charge on any atom is 0.272 e. The first-order valence-electron chi connectivity index (χ1n) is 18.3. The number of anilines is 2. The van der Waals surface area contributed by atoms with E-state index >= 15 is 0 Å². The van der Waals surface area contributed by atoms with Gasteiger partial charge in [-0.15, -0.1) is 0 Å². The molecule has 0 bridgehead atoms. The number of piperazine rings is 1. The van der Waals surface area contributed by atoms with Crippen molar-refractivity contribution in [2.75, 3.05) is 36.4 Å². The SMILES string of the molecule is Cc1ccnc(N2CCN(C3CCCCC3)CC2)c1NC(=O)c1[nH]c2cc(Cl)ccc2c1-c1c(-c2ccccc2)ncn1[C@@H](C)c1ccc(Cl)cc1. The van der Waals surface area contributed by atoms with Gasteiger partial charge in [-0.1, -0.05) is 91.0 Å². The second-order valence-electron chi connectivity index (χ2n) is 14.1. The lowest BCUT2D eigenvalue weighted by Crippen LogP contribution is -2.51. The molecule has 3 aromatic carbocycles. The quantitative estimate of drug-likeness (QED) is 0.163. The normalized spacial score (nSPS) is 16.3. The Kier molecular flexibility index (Phi) is 9.79. The number of carbonyl (C=O) groups excluding carboxylic acids is 1. The number of benzene rings is 3. The number of halogens is 2. The lowest BCUT2D eigenvalue weighted by Gasteiger charge is -2.41.